The van der Waals surface area contributed by atoms with Gasteiger partial charge in [0.1, 0.15) is 5.60 Å². The molecule has 0 spiro atoms. The monoisotopic (exact) mass is 259 g/mol. The number of hydrogen-bond donors (Lipinski definition) is 2. The van der Waals surface area contributed by atoms with E-state index >= 15 is 0 Å². The van der Waals surface area contributed by atoms with Crippen LogP contribution >= 0.6 is 0 Å². The van der Waals surface area contributed by atoms with Crippen molar-refractivity contribution >= 4 is 5.91 Å². The maximum Gasteiger partial charge on any atom is 0.223 e. The molecule has 1 aromatic carbocycles. The molecule has 0 saturated carbocycles. The lowest BCUT2D eigenvalue weighted by Crippen LogP contribution is -2.41. The van der Waals surface area contributed by atoms with Crippen molar-refractivity contribution in [3.8, 4) is 0 Å². The van der Waals surface area contributed by atoms with Gasteiger partial charge >= 0.3 is 0 Å². The second-order valence-electron chi connectivity index (χ2n) is 5.34. The van der Waals surface area contributed by atoms with E-state index in [9.17, 15) is 9.90 Å². The second kappa shape index (κ2) is 6.02. The molecule has 1 aliphatic rings. The molecule has 2 atom stereocenters. The molecule has 3 nitrogen and oxygen atoms in total. The molecular formula is C16H21NO2. The number of rotatable bonds is 4. The fraction of sp³-hybridized carbons (Fsp3) is 0.438. The van der Waals surface area contributed by atoms with Crippen molar-refractivity contribution in [3.63, 3.8) is 0 Å². The summed E-state index contributed by atoms with van der Waals surface area (Å²) in [6, 6.07) is 9.42. The van der Waals surface area contributed by atoms with E-state index in [4.69, 9.17) is 0 Å². The molecule has 0 bridgehead atoms. The molecule has 0 saturated heterocycles. The first-order valence-electron chi connectivity index (χ1n) is 6.80. The molecule has 0 aliphatic heterocycles. The third-order valence-electron chi connectivity index (χ3n) is 3.64. The predicted molar refractivity (Wildman–Crippen MR) is 75.5 cm³/mol. The molecule has 0 aromatic heterocycles. The van der Waals surface area contributed by atoms with Crippen LogP contribution in [0.5, 0.6) is 0 Å². The molecule has 0 fully saturated rings. The lowest BCUT2D eigenvalue weighted by Gasteiger charge is -2.26. The normalized spacial score (nSPS) is 21.7. The second-order valence-corrected chi connectivity index (χ2v) is 5.34. The number of benzene rings is 1. The van der Waals surface area contributed by atoms with E-state index in [2.05, 4.69) is 17.5 Å². The van der Waals surface area contributed by atoms with Crippen molar-refractivity contribution in [2.75, 3.05) is 6.54 Å². The highest BCUT2D eigenvalue weighted by molar-refractivity contribution is 5.79. The standard InChI is InChI=1S/C16H21NO2/c1-16(19,14-10-6-3-7-11-14)12-17-15(18)13-8-4-2-5-9-13/h2-4,6-7,10-11,13,19H,5,8-9,12H2,1H3,(H,17,18)/t13-,16+/m0/s1. The van der Waals surface area contributed by atoms with Crippen LogP contribution in [-0.4, -0.2) is 17.6 Å². The average molecular weight is 259 g/mol. The zero-order chi connectivity index (χ0) is 13.7. The summed E-state index contributed by atoms with van der Waals surface area (Å²) in [7, 11) is 0. The van der Waals surface area contributed by atoms with Crippen LogP contribution in [0.2, 0.25) is 0 Å². The lowest BCUT2D eigenvalue weighted by molar-refractivity contribution is -0.126. The summed E-state index contributed by atoms with van der Waals surface area (Å²) < 4.78 is 0. The molecule has 2 N–H and O–H groups in total. The Balaban J connectivity index is 1.90. The maximum absolute atomic E-state index is 12.0. The summed E-state index contributed by atoms with van der Waals surface area (Å²) in [4.78, 5) is 12.0. The molecule has 0 heterocycles. The van der Waals surface area contributed by atoms with Gasteiger partial charge in [-0.2, -0.15) is 0 Å². The van der Waals surface area contributed by atoms with Crippen LogP contribution < -0.4 is 5.32 Å². The summed E-state index contributed by atoms with van der Waals surface area (Å²) in [6.07, 6.45) is 6.84. The van der Waals surface area contributed by atoms with Crippen LogP contribution in [0.15, 0.2) is 42.5 Å². The Morgan fingerprint density at radius 2 is 2.11 bits per heavy atom. The molecule has 102 valence electrons. The number of amides is 1. The highest BCUT2D eigenvalue weighted by Gasteiger charge is 2.25. The predicted octanol–water partition coefficient (Wildman–Crippen LogP) is 2.37. The van der Waals surface area contributed by atoms with Gasteiger partial charge in [0.2, 0.25) is 5.91 Å². The Kier molecular flexibility index (Phi) is 4.38. The lowest BCUT2D eigenvalue weighted by atomic mass is 9.92. The van der Waals surface area contributed by atoms with Crippen LogP contribution in [0.1, 0.15) is 31.7 Å². The van der Waals surface area contributed by atoms with Gasteiger partial charge in [0.05, 0.1) is 6.54 Å². The number of hydrogen-bond acceptors (Lipinski definition) is 2. The van der Waals surface area contributed by atoms with Crippen molar-refractivity contribution in [1.29, 1.82) is 0 Å². The molecule has 1 aliphatic carbocycles. The van der Waals surface area contributed by atoms with Crippen LogP contribution in [0.4, 0.5) is 0 Å². The fourth-order valence-corrected chi connectivity index (χ4v) is 2.33. The Labute approximate surface area is 114 Å². The van der Waals surface area contributed by atoms with E-state index in [1.165, 1.54) is 0 Å². The van der Waals surface area contributed by atoms with E-state index in [-0.39, 0.29) is 18.4 Å². The van der Waals surface area contributed by atoms with E-state index < -0.39 is 5.60 Å². The van der Waals surface area contributed by atoms with Gasteiger partial charge in [-0.25, -0.2) is 0 Å². The van der Waals surface area contributed by atoms with Crippen molar-refractivity contribution in [2.45, 2.75) is 31.8 Å². The number of aliphatic hydroxyl groups is 1. The van der Waals surface area contributed by atoms with Crippen LogP contribution in [0.25, 0.3) is 0 Å². The number of nitrogens with one attached hydrogen (secondary N) is 1. The molecule has 3 heteroatoms. The Bertz CT molecular complexity index is 451. The molecular weight excluding hydrogens is 238 g/mol. The van der Waals surface area contributed by atoms with Crippen LogP contribution in [0.3, 0.4) is 0 Å². The first kappa shape index (κ1) is 13.8. The minimum absolute atomic E-state index is 0.0422. The van der Waals surface area contributed by atoms with E-state index in [0.717, 1.165) is 24.8 Å². The van der Waals surface area contributed by atoms with Gasteiger partial charge in [0.25, 0.3) is 0 Å². The highest BCUT2D eigenvalue weighted by Crippen LogP contribution is 2.21. The van der Waals surface area contributed by atoms with E-state index in [0.29, 0.717) is 0 Å². The summed E-state index contributed by atoms with van der Waals surface area (Å²) in [5.41, 5.74) is -0.208. The summed E-state index contributed by atoms with van der Waals surface area (Å²) in [5.74, 6) is 0.0946. The van der Waals surface area contributed by atoms with Crippen molar-refractivity contribution in [3.05, 3.63) is 48.0 Å². The summed E-state index contributed by atoms with van der Waals surface area (Å²) >= 11 is 0. The highest BCUT2D eigenvalue weighted by atomic mass is 16.3. The van der Waals surface area contributed by atoms with Gasteiger partial charge in [-0.05, 0) is 31.7 Å². The van der Waals surface area contributed by atoms with Gasteiger partial charge in [0.15, 0.2) is 0 Å². The largest absolute Gasteiger partial charge is 0.384 e. The Morgan fingerprint density at radius 3 is 2.74 bits per heavy atom. The number of allylic oxidation sites excluding steroid dienone is 2. The first-order chi connectivity index (χ1) is 9.09. The Morgan fingerprint density at radius 1 is 1.37 bits per heavy atom. The van der Waals surface area contributed by atoms with Crippen LogP contribution in [-0.2, 0) is 10.4 Å². The number of carbonyl (C=O) groups is 1. The van der Waals surface area contributed by atoms with E-state index in [1.807, 2.05) is 30.3 Å². The third-order valence-corrected chi connectivity index (χ3v) is 3.64. The van der Waals surface area contributed by atoms with Crippen molar-refractivity contribution in [1.82, 2.24) is 5.32 Å². The van der Waals surface area contributed by atoms with Gasteiger partial charge in [-0.1, -0.05) is 42.5 Å². The SMILES string of the molecule is C[C@@](O)(CNC(=O)[C@H]1CC=CCC1)c1ccccc1. The summed E-state index contributed by atoms with van der Waals surface area (Å²) in [5, 5.41) is 13.3. The summed E-state index contributed by atoms with van der Waals surface area (Å²) in [6.45, 7) is 1.97. The van der Waals surface area contributed by atoms with Gasteiger partial charge in [0, 0.05) is 5.92 Å². The first-order valence-corrected chi connectivity index (χ1v) is 6.80. The minimum Gasteiger partial charge on any atom is -0.384 e. The molecule has 1 amide bonds. The molecule has 1 aromatic rings. The number of carbonyl (C=O) groups excluding carboxylic acids is 1. The van der Waals surface area contributed by atoms with Gasteiger partial charge in [-0.15, -0.1) is 0 Å². The topological polar surface area (TPSA) is 49.3 Å². The third kappa shape index (κ3) is 3.67. The van der Waals surface area contributed by atoms with Crippen molar-refractivity contribution in [2.24, 2.45) is 5.92 Å². The fourth-order valence-electron chi connectivity index (χ4n) is 2.33. The minimum atomic E-state index is -1.03. The average Bonchev–Trinajstić information content (AvgIpc) is 2.47. The van der Waals surface area contributed by atoms with E-state index in [1.54, 1.807) is 6.92 Å². The quantitative estimate of drug-likeness (QED) is 0.816. The maximum atomic E-state index is 12.0. The molecule has 0 unspecified atom stereocenters. The zero-order valence-corrected chi connectivity index (χ0v) is 11.3. The van der Waals surface area contributed by atoms with Gasteiger partial charge in [-0.3, -0.25) is 4.79 Å². The zero-order valence-electron chi connectivity index (χ0n) is 11.3. The molecule has 19 heavy (non-hydrogen) atoms. The van der Waals surface area contributed by atoms with Crippen LogP contribution in [0, 0.1) is 5.92 Å². The molecule has 0 radical (unpaired) electrons. The van der Waals surface area contributed by atoms with Crippen molar-refractivity contribution < 1.29 is 9.90 Å². The smallest absolute Gasteiger partial charge is 0.223 e. The molecule has 2 rings (SSSR count). The van der Waals surface area contributed by atoms with Gasteiger partial charge < -0.3 is 10.4 Å². The Hall–Kier alpha value is -1.61.